The molecule has 0 atom stereocenters. The number of carbonyl (C=O) groups excluding carboxylic acids is 1. The number of fused-ring (bicyclic) bond motifs is 1. The number of ether oxygens (including phenoxy) is 1. The van der Waals surface area contributed by atoms with Gasteiger partial charge >= 0.3 is 0 Å². The van der Waals surface area contributed by atoms with Crippen LogP contribution in [-0.2, 0) is 16.4 Å². The summed E-state index contributed by atoms with van der Waals surface area (Å²) in [7, 11) is -0.687. The molecule has 1 heterocycles. The molecule has 1 aromatic heterocycles. The first-order valence-electron chi connectivity index (χ1n) is 10.8. The highest BCUT2D eigenvalue weighted by atomic mass is 32.2. The topological polar surface area (TPSA) is 75.7 Å². The number of rotatable bonds is 7. The Hall–Kier alpha value is -3.36. The van der Waals surface area contributed by atoms with Crippen LogP contribution in [0.3, 0.4) is 0 Å². The Balaban J connectivity index is 1.61. The van der Waals surface area contributed by atoms with Gasteiger partial charge in [-0.25, -0.2) is 8.42 Å². The molecular formula is C26H26N2O4S2. The van der Waals surface area contributed by atoms with Gasteiger partial charge in [-0.05, 0) is 78.4 Å². The lowest BCUT2D eigenvalue weighted by Crippen LogP contribution is -2.26. The van der Waals surface area contributed by atoms with Crippen molar-refractivity contribution in [3.8, 4) is 5.75 Å². The van der Waals surface area contributed by atoms with Crippen molar-refractivity contribution >= 4 is 48.7 Å². The van der Waals surface area contributed by atoms with E-state index in [0.717, 1.165) is 33.3 Å². The molecule has 0 saturated carbocycles. The number of nitrogens with one attached hydrogen (secondary N) is 1. The highest BCUT2D eigenvalue weighted by molar-refractivity contribution is 7.92. The summed E-state index contributed by atoms with van der Waals surface area (Å²) < 4.78 is 33.8. The fourth-order valence-electron chi connectivity index (χ4n) is 3.78. The van der Waals surface area contributed by atoms with Crippen molar-refractivity contribution in [2.45, 2.75) is 25.2 Å². The van der Waals surface area contributed by atoms with Crippen molar-refractivity contribution in [1.82, 2.24) is 0 Å². The van der Waals surface area contributed by atoms with Crippen molar-refractivity contribution in [2.24, 2.45) is 0 Å². The van der Waals surface area contributed by atoms with Gasteiger partial charge in [0.1, 0.15) is 5.75 Å². The molecule has 1 amide bonds. The van der Waals surface area contributed by atoms with Gasteiger partial charge in [0, 0.05) is 17.4 Å². The minimum atomic E-state index is -3.76. The lowest BCUT2D eigenvalue weighted by atomic mass is 10.1. The Morgan fingerprint density at radius 3 is 2.53 bits per heavy atom. The molecule has 8 heteroatoms. The van der Waals surface area contributed by atoms with Gasteiger partial charge in [0.15, 0.2) is 0 Å². The zero-order valence-electron chi connectivity index (χ0n) is 19.5. The van der Waals surface area contributed by atoms with E-state index in [1.807, 2.05) is 37.3 Å². The Morgan fingerprint density at radius 1 is 1.06 bits per heavy atom. The van der Waals surface area contributed by atoms with Crippen LogP contribution in [0, 0.1) is 6.92 Å². The number of sulfonamides is 1. The van der Waals surface area contributed by atoms with Crippen molar-refractivity contribution in [2.75, 3.05) is 23.8 Å². The fraction of sp³-hybridized carbons (Fsp3) is 0.192. The molecule has 0 fully saturated rings. The molecule has 34 heavy (non-hydrogen) atoms. The van der Waals surface area contributed by atoms with Crippen LogP contribution in [-0.4, -0.2) is 28.5 Å². The smallest absolute Gasteiger partial charge is 0.265 e. The molecular weight excluding hydrogens is 468 g/mol. The number of methoxy groups -OCH3 is 1. The van der Waals surface area contributed by atoms with E-state index < -0.39 is 10.0 Å². The average Bonchev–Trinajstić information content (AvgIpc) is 3.27. The molecule has 0 aliphatic rings. The molecule has 0 radical (unpaired) electrons. The Kier molecular flexibility index (Phi) is 6.63. The fourth-order valence-corrected chi connectivity index (χ4v) is 5.99. The largest absolute Gasteiger partial charge is 0.496 e. The lowest BCUT2D eigenvalue weighted by molar-refractivity contribution is 0.103. The van der Waals surface area contributed by atoms with Gasteiger partial charge in [-0.2, -0.15) is 0 Å². The van der Waals surface area contributed by atoms with Gasteiger partial charge in [0.25, 0.3) is 15.9 Å². The number of hydrogen-bond donors (Lipinski definition) is 1. The van der Waals surface area contributed by atoms with Gasteiger partial charge < -0.3 is 10.1 Å². The maximum absolute atomic E-state index is 13.2. The van der Waals surface area contributed by atoms with Crippen LogP contribution in [0.5, 0.6) is 5.75 Å². The van der Waals surface area contributed by atoms with Gasteiger partial charge in [0.05, 0.1) is 22.6 Å². The monoisotopic (exact) mass is 494 g/mol. The molecule has 0 aliphatic heterocycles. The van der Waals surface area contributed by atoms with Gasteiger partial charge in [-0.3, -0.25) is 9.10 Å². The second-order valence-electron chi connectivity index (χ2n) is 7.90. The summed E-state index contributed by atoms with van der Waals surface area (Å²) in [5.74, 6) is 0.451. The molecule has 0 spiro atoms. The zero-order valence-corrected chi connectivity index (χ0v) is 21.1. The third-order valence-electron chi connectivity index (χ3n) is 5.76. The van der Waals surface area contributed by atoms with Crippen molar-refractivity contribution in [3.63, 3.8) is 0 Å². The maximum Gasteiger partial charge on any atom is 0.265 e. The summed E-state index contributed by atoms with van der Waals surface area (Å²) in [6.07, 6.45) is 0.820. The van der Waals surface area contributed by atoms with E-state index in [0.29, 0.717) is 16.3 Å². The summed E-state index contributed by atoms with van der Waals surface area (Å²) in [6, 6.07) is 19.7. The van der Waals surface area contributed by atoms with Crippen LogP contribution in [0.2, 0.25) is 0 Å². The third kappa shape index (κ3) is 4.51. The first-order chi connectivity index (χ1) is 16.2. The van der Waals surface area contributed by atoms with Crippen molar-refractivity contribution in [3.05, 3.63) is 82.7 Å². The van der Waals surface area contributed by atoms with Crippen LogP contribution in [0.25, 0.3) is 10.1 Å². The quantitative estimate of drug-likeness (QED) is 0.349. The van der Waals surface area contributed by atoms with E-state index in [-0.39, 0.29) is 10.8 Å². The van der Waals surface area contributed by atoms with Crippen LogP contribution in [0.1, 0.15) is 27.7 Å². The second kappa shape index (κ2) is 9.48. The Bertz CT molecular complexity index is 1480. The summed E-state index contributed by atoms with van der Waals surface area (Å²) in [6.45, 7) is 3.85. The molecule has 1 N–H and O–H groups in total. The average molecular weight is 495 g/mol. The van der Waals surface area contributed by atoms with Crippen LogP contribution >= 0.6 is 11.3 Å². The highest BCUT2D eigenvalue weighted by Crippen LogP contribution is 2.32. The molecule has 0 unspecified atom stereocenters. The van der Waals surface area contributed by atoms with Gasteiger partial charge in [0.2, 0.25) is 0 Å². The molecule has 0 saturated heterocycles. The van der Waals surface area contributed by atoms with E-state index in [2.05, 4.69) is 5.32 Å². The maximum atomic E-state index is 13.2. The van der Waals surface area contributed by atoms with Crippen LogP contribution in [0.4, 0.5) is 11.4 Å². The van der Waals surface area contributed by atoms with E-state index in [1.165, 1.54) is 28.8 Å². The first kappa shape index (κ1) is 23.8. The first-order valence-corrected chi connectivity index (χ1v) is 13.1. The molecule has 4 rings (SSSR count). The number of hydrogen-bond acceptors (Lipinski definition) is 5. The van der Waals surface area contributed by atoms with Crippen molar-refractivity contribution in [1.29, 1.82) is 0 Å². The molecule has 0 aliphatic carbocycles. The minimum absolute atomic E-state index is 0.182. The molecule has 3 aromatic carbocycles. The number of nitrogens with zero attached hydrogens (tertiary/aromatic N) is 1. The molecule has 0 bridgehead atoms. The third-order valence-corrected chi connectivity index (χ3v) is 8.65. The van der Waals surface area contributed by atoms with E-state index in [4.69, 9.17) is 4.74 Å². The highest BCUT2D eigenvalue weighted by Gasteiger charge is 2.23. The normalized spacial score (nSPS) is 11.4. The van der Waals surface area contributed by atoms with Gasteiger partial charge in [-0.1, -0.05) is 25.1 Å². The van der Waals surface area contributed by atoms with E-state index in [9.17, 15) is 13.2 Å². The van der Waals surface area contributed by atoms with Crippen LogP contribution in [0.15, 0.2) is 71.6 Å². The number of carbonyl (C=O) groups is 1. The zero-order chi connectivity index (χ0) is 24.5. The van der Waals surface area contributed by atoms with Gasteiger partial charge in [-0.15, -0.1) is 11.3 Å². The molecule has 176 valence electrons. The summed E-state index contributed by atoms with van der Waals surface area (Å²) in [5.41, 5.74) is 3.13. The number of anilines is 2. The minimum Gasteiger partial charge on any atom is -0.496 e. The molecule has 4 aromatic rings. The Morgan fingerprint density at radius 2 is 1.82 bits per heavy atom. The SMILES string of the molecule is CCc1ccccc1NC(=O)c1cc2cc(N(C)S(=O)(=O)c3ccc(OC)c(C)c3)ccc2s1. The standard InChI is InChI=1S/C26H26N2O4S2/c1-5-18-8-6-7-9-22(18)27-26(29)25-16-19-15-20(10-13-24(19)33-25)28(3)34(30,31)21-11-12-23(32-4)17(2)14-21/h6-16H,5H2,1-4H3,(H,27,29). The number of amides is 1. The summed E-state index contributed by atoms with van der Waals surface area (Å²) in [5, 5.41) is 3.80. The predicted molar refractivity (Wildman–Crippen MR) is 139 cm³/mol. The number of para-hydroxylation sites is 1. The Labute approximate surface area is 203 Å². The second-order valence-corrected chi connectivity index (χ2v) is 11.0. The summed E-state index contributed by atoms with van der Waals surface area (Å²) >= 11 is 1.37. The number of thiophene rings is 1. The van der Waals surface area contributed by atoms with E-state index >= 15 is 0 Å². The predicted octanol–water partition coefficient (Wildman–Crippen LogP) is 5.86. The van der Waals surface area contributed by atoms with Crippen molar-refractivity contribution < 1.29 is 17.9 Å². The number of benzene rings is 3. The lowest BCUT2D eigenvalue weighted by Gasteiger charge is -2.20. The summed E-state index contributed by atoms with van der Waals surface area (Å²) in [4.78, 5) is 13.6. The molecule has 6 nitrogen and oxygen atoms in total. The van der Waals surface area contributed by atoms with Crippen LogP contribution < -0.4 is 14.4 Å². The number of aryl methyl sites for hydroxylation is 2. The van der Waals surface area contributed by atoms with E-state index in [1.54, 1.807) is 44.4 Å².